The van der Waals surface area contributed by atoms with Crippen LogP contribution in [0.4, 0.5) is 10.2 Å². The molecule has 1 saturated heterocycles. The molecule has 1 fully saturated rings. The highest BCUT2D eigenvalue weighted by Crippen LogP contribution is 2.44. The van der Waals surface area contributed by atoms with Crippen LogP contribution in [0.3, 0.4) is 0 Å². The van der Waals surface area contributed by atoms with E-state index in [1.165, 1.54) is 37.3 Å². The lowest BCUT2D eigenvalue weighted by Crippen LogP contribution is -2.42. The van der Waals surface area contributed by atoms with E-state index in [9.17, 15) is 23.9 Å². The maximum absolute atomic E-state index is 14.6. The van der Waals surface area contributed by atoms with Crippen molar-refractivity contribution in [3.63, 3.8) is 0 Å². The van der Waals surface area contributed by atoms with Crippen molar-refractivity contribution in [2.24, 2.45) is 5.92 Å². The summed E-state index contributed by atoms with van der Waals surface area (Å²) in [6, 6.07) is 9.43. The number of carbonyl (C=O) groups excluding carboxylic acids is 2. The van der Waals surface area contributed by atoms with Gasteiger partial charge in [0.15, 0.2) is 11.5 Å². The van der Waals surface area contributed by atoms with E-state index in [4.69, 9.17) is 19.2 Å². The van der Waals surface area contributed by atoms with E-state index in [0.29, 0.717) is 47.1 Å². The van der Waals surface area contributed by atoms with E-state index >= 15 is 0 Å². The Morgan fingerprint density at radius 1 is 1.04 bits per heavy atom. The highest BCUT2D eigenvalue weighted by Gasteiger charge is 2.28. The van der Waals surface area contributed by atoms with Gasteiger partial charge in [-0.15, -0.1) is 0 Å². The number of anilines is 1. The molecule has 0 saturated carbocycles. The van der Waals surface area contributed by atoms with Crippen LogP contribution >= 0.6 is 0 Å². The van der Waals surface area contributed by atoms with Gasteiger partial charge < -0.3 is 34.4 Å². The van der Waals surface area contributed by atoms with Gasteiger partial charge in [0.25, 0.3) is 5.91 Å². The third-order valence-electron chi connectivity index (χ3n) is 8.52. The Morgan fingerprint density at radius 3 is 2.54 bits per heavy atom. The van der Waals surface area contributed by atoms with Crippen molar-refractivity contribution in [1.29, 1.82) is 0 Å². The van der Waals surface area contributed by atoms with E-state index in [0.717, 1.165) is 24.9 Å². The first-order valence-electron chi connectivity index (χ1n) is 15.3. The molecule has 3 aromatic rings. The number of carboxylic acids is 1. The Kier molecular flexibility index (Phi) is 10.4. The van der Waals surface area contributed by atoms with E-state index in [1.54, 1.807) is 24.1 Å². The van der Waals surface area contributed by atoms with Crippen LogP contribution in [0.25, 0.3) is 10.9 Å². The number of ether oxygens (including phenoxy) is 3. The molecule has 0 radical (unpaired) electrons. The van der Waals surface area contributed by atoms with Crippen LogP contribution < -0.4 is 24.4 Å². The molecule has 1 aromatic heterocycles. The van der Waals surface area contributed by atoms with Gasteiger partial charge in [0.2, 0.25) is 11.7 Å². The van der Waals surface area contributed by atoms with Crippen LogP contribution in [0.5, 0.6) is 17.2 Å². The molecule has 13 heteroatoms. The second kappa shape index (κ2) is 14.6. The molecular weight excluding hydrogens is 597 g/mol. The van der Waals surface area contributed by atoms with Crippen molar-refractivity contribution >= 4 is 34.5 Å². The molecule has 0 spiro atoms. The molecule has 2 amide bonds. The van der Waals surface area contributed by atoms with Crippen LogP contribution in [-0.4, -0.2) is 105 Å². The minimum absolute atomic E-state index is 0.0339. The van der Waals surface area contributed by atoms with Gasteiger partial charge in [-0.05, 0) is 37.0 Å². The van der Waals surface area contributed by atoms with E-state index < -0.39 is 17.7 Å². The predicted molar refractivity (Wildman–Crippen MR) is 169 cm³/mol. The lowest BCUT2D eigenvalue weighted by Gasteiger charge is -2.35. The first kappa shape index (κ1) is 32.7. The molecule has 1 atom stereocenters. The summed E-state index contributed by atoms with van der Waals surface area (Å²) in [5, 5.41) is 13.6. The predicted octanol–water partition coefficient (Wildman–Crippen LogP) is 3.17. The van der Waals surface area contributed by atoms with Crippen LogP contribution in [0, 0.1) is 11.7 Å². The first-order chi connectivity index (χ1) is 22.2. The fourth-order valence-electron chi connectivity index (χ4n) is 6.25. The zero-order valence-corrected chi connectivity index (χ0v) is 26.4. The van der Waals surface area contributed by atoms with Crippen LogP contribution in [0.15, 0.2) is 36.4 Å². The molecule has 5 rings (SSSR count). The summed E-state index contributed by atoms with van der Waals surface area (Å²) in [4.78, 5) is 48.9. The molecular formula is C33H40FN5O7. The number of carboxylic acid groups (broad SMARTS) is 1. The van der Waals surface area contributed by atoms with E-state index in [1.807, 2.05) is 6.07 Å². The average Bonchev–Trinajstić information content (AvgIpc) is 3.05. The van der Waals surface area contributed by atoms with E-state index in [2.05, 4.69) is 10.2 Å². The van der Waals surface area contributed by atoms with Crippen LogP contribution in [0.2, 0.25) is 0 Å². The number of pyridine rings is 1. The average molecular weight is 638 g/mol. The van der Waals surface area contributed by atoms with Crippen molar-refractivity contribution in [3.05, 3.63) is 53.3 Å². The van der Waals surface area contributed by atoms with Crippen LogP contribution in [-0.2, 0) is 16.1 Å². The number of aromatic nitrogens is 1. The molecule has 12 nitrogen and oxygen atoms in total. The monoisotopic (exact) mass is 637 g/mol. The third kappa shape index (κ3) is 7.25. The smallest absolute Gasteiger partial charge is 0.317 e. The number of nitrogens with zero attached hydrogens (tertiary/aromatic N) is 4. The van der Waals surface area contributed by atoms with Gasteiger partial charge in [0.05, 0.1) is 39.0 Å². The van der Waals surface area contributed by atoms with Crippen molar-refractivity contribution in [1.82, 2.24) is 20.1 Å². The molecule has 3 heterocycles. The summed E-state index contributed by atoms with van der Waals surface area (Å²) in [6.45, 7) is 2.01. The topological polar surface area (TPSA) is 134 Å². The Balaban J connectivity index is 1.59. The highest BCUT2D eigenvalue weighted by molar-refractivity contribution is 5.95. The maximum Gasteiger partial charge on any atom is 0.317 e. The number of halogens is 1. The van der Waals surface area contributed by atoms with Gasteiger partial charge in [-0.25, -0.2) is 9.37 Å². The molecule has 246 valence electrons. The minimum Gasteiger partial charge on any atom is -0.493 e. The number of hydrogen-bond donors (Lipinski definition) is 2. The van der Waals surface area contributed by atoms with Gasteiger partial charge in [-0.2, -0.15) is 0 Å². The quantitative estimate of drug-likeness (QED) is 0.415. The second-order valence-electron chi connectivity index (χ2n) is 11.6. The standard InChI is InChI=1S/C33H40FN5O7/c1-44-27-16-26-24(30(45-2)31(27)46-3)15-22-19-37(20-29(41)42)13-14-38(33(43)23-8-4-5-9-25(23)34)12-10-28(40)35-17-21-7-6-11-39(18-21)32(22)36-26/h4-5,8-9,15-16,21H,6-7,10-14,17-20H2,1-3H3,(H,35,40)(H,41,42). The zero-order chi connectivity index (χ0) is 32.8. The molecule has 2 aromatic carbocycles. The van der Waals surface area contributed by atoms with Gasteiger partial charge in [-0.1, -0.05) is 12.1 Å². The largest absolute Gasteiger partial charge is 0.493 e. The van der Waals surface area contributed by atoms with Crippen molar-refractivity contribution in [3.8, 4) is 17.2 Å². The van der Waals surface area contributed by atoms with Gasteiger partial charge in [0.1, 0.15) is 11.6 Å². The van der Waals surface area contributed by atoms with Gasteiger partial charge in [-0.3, -0.25) is 19.3 Å². The third-order valence-corrected chi connectivity index (χ3v) is 8.52. The lowest BCUT2D eigenvalue weighted by atomic mass is 9.97. The number of methoxy groups -OCH3 is 3. The number of rotatable bonds is 6. The number of hydrogen-bond acceptors (Lipinski definition) is 9. The number of amides is 2. The minimum atomic E-state index is -1.04. The highest BCUT2D eigenvalue weighted by atomic mass is 19.1. The molecule has 0 aliphatic carbocycles. The second-order valence-corrected chi connectivity index (χ2v) is 11.6. The van der Waals surface area contributed by atoms with Crippen LogP contribution in [0.1, 0.15) is 35.2 Å². The SMILES string of the molecule is COc1cc2nc3c(cc2c(OC)c1OC)CN(CC(=O)O)CCN(C(=O)c1ccccc1F)CCC(=O)NCC1CCCN3C1. The number of benzene rings is 2. The molecule has 2 bridgehead atoms. The number of nitrogens with one attached hydrogen (secondary N) is 1. The molecule has 1 unspecified atom stereocenters. The van der Waals surface area contributed by atoms with Gasteiger partial charge in [0, 0.05) is 69.3 Å². The molecule has 2 aliphatic heterocycles. The summed E-state index contributed by atoms with van der Waals surface area (Å²) in [5.41, 5.74) is 1.28. The fourth-order valence-corrected chi connectivity index (χ4v) is 6.25. The summed E-state index contributed by atoms with van der Waals surface area (Å²) >= 11 is 0. The van der Waals surface area contributed by atoms with Crippen molar-refractivity contribution in [2.45, 2.75) is 25.8 Å². The summed E-state index contributed by atoms with van der Waals surface area (Å²) in [7, 11) is 4.60. The normalized spacial score (nSPS) is 18.2. The van der Waals surface area contributed by atoms with Crippen molar-refractivity contribution in [2.75, 3.05) is 72.0 Å². The number of fused-ring (bicyclic) bond motifs is 5. The summed E-state index contributed by atoms with van der Waals surface area (Å²) < 4.78 is 31.6. The number of aliphatic carboxylic acids is 1. The number of piperidine rings is 1. The van der Waals surface area contributed by atoms with Gasteiger partial charge >= 0.3 is 5.97 Å². The number of carbonyl (C=O) groups is 3. The first-order valence-corrected chi connectivity index (χ1v) is 15.3. The molecule has 2 N–H and O–H groups in total. The maximum atomic E-state index is 14.6. The summed E-state index contributed by atoms with van der Waals surface area (Å²) in [5.74, 6) is -0.316. The Morgan fingerprint density at radius 2 is 1.83 bits per heavy atom. The van der Waals surface area contributed by atoms with Crippen molar-refractivity contribution < 1.29 is 38.1 Å². The Hall–Kier alpha value is -4.65. The molecule has 2 aliphatic rings. The lowest BCUT2D eigenvalue weighted by molar-refractivity contribution is -0.138. The Labute approximate surface area is 267 Å². The summed E-state index contributed by atoms with van der Waals surface area (Å²) in [6.07, 6.45) is 1.84. The molecule has 46 heavy (non-hydrogen) atoms. The zero-order valence-electron chi connectivity index (χ0n) is 26.4. The Bertz CT molecular complexity index is 1600. The van der Waals surface area contributed by atoms with E-state index in [-0.39, 0.29) is 56.5 Å². The fraction of sp³-hybridized carbons (Fsp3) is 0.455.